The van der Waals surface area contributed by atoms with Gasteiger partial charge in [-0.05, 0) is 46.9 Å². The highest BCUT2D eigenvalue weighted by Crippen LogP contribution is 2.44. The van der Waals surface area contributed by atoms with Crippen LogP contribution < -0.4 is 5.32 Å². The molecule has 0 atom stereocenters. The minimum absolute atomic E-state index is 0.0680. The van der Waals surface area contributed by atoms with Gasteiger partial charge in [-0.2, -0.15) is 0 Å². The maximum Gasteiger partial charge on any atom is 0.411 e. The lowest BCUT2D eigenvalue weighted by molar-refractivity contribution is -0.173. The molecule has 3 aromatic rings. The number of likely N-dealkylation sites (tertiary alicyclic amines) is 1. The molecule has 1 aliphatic heterocycles. The molecule has 0 aromatic heterocycles. The molecule has 0 bridgehead atoms. The first-order chi connectivity index (χ1) is 16.8. The number of β-amino-alcohol motifs (C(OH)–C–C–N with tert-alkyl or cyclic N) is 1. The zero-order valence-electron chi connectivity index (χ0n) is 19.0. The van der Waals surface area contributed by atoms with Crippen LogP contribution in [0.15, 0.2) is 66.7 Å². The Morgan fingerprint density at radius 3 is 2.20 bits per heavy atom. The predicted octanol–water partition coefficient (Wildman–Crippen LogP) is 3.63. The van der Waals surface area contributed by atoms with Crippen LogP contribution in [0.2, 0.25) is 0 Å². The molecule has 2 amide bonds. The molecule has 0 unspecified atom stereocenters. The largest absolute Gasteiger partial charge is 0.479 e. The van der Waals surface area contributed by atoms with E-state index in [1.165, 1.54) is 11.0 Å². The Bertz CT molecular complexity index is 1300. The number of carbonyl (C=O) groups is 3. The second-order valence-electron chi connectivity index (χ2n) is 8.98. The number of carbonyl (C=O) groups excluding carboxylic acids is 2. The molecular weight excluding hydrogens is 448 g/mol. The molecule has 8 heteroatoms. The molecule has 5 rings (SSSR count). The predicted molar refractivity (Wildman–Crippen MR) is 128 cm³/mol. The second kappa shape index (κ2) is 8.56. The van der Waals surface area contributed by atoms with Gasteiger partial charge in [0.05, 0.1) is 13.1 Å². The Morgan fingerprint density at radius 2 is 1.60 bits per heavy atom. The molecule has 1 fully saturated rings. The van der Waals surface area contributed by atoms with Crippen molar-refractivity contribution in [1.29, 1.82) is 0 Å². The Balaban J connectivity index is 1.26. The SMILES string of the molecule is Cc1ccc(C(=O)N2CC(O)(C(=O)O)C2)cc1NC(=O)OCC1c2ccccc2-c2ccccc21. The number of nitrogens with zero attached hydrogens (tertiary/aromatic N) is 1. The van der Waals surface area contributed by atoms with Gasteiger partial charge in [-0.1, -0.05) is 54.6 Å². The molecule has 3 N–H and O–H groups in total. The van der Waals surface area contributed by atoms with Crippen LogP contribution in [0.4, 0.5) is 10.5 Å². The fraction of sp³-hybridized carbons (Fsp3) is 0.222. The molecule has 1 heterocycles. The number of carboxylic acids is 1. The van der Waals surface area contributed by atoms with E-state index in [2.05, 4.69) is 17.4 Å². The zero-order chi connectivity index (χ0) is 24.7. The minimum Gasteiger partial charge on any atom is -0.479 e. The number of aliphatic carboxylic acids is 1. The van der Waals surface area contributed by atoms with E-state index in [-0.39, 0.29) is 31.2 Å². The number of ether oxygens (including phenoxy) is 1. The van der Waals surface area contributed by atoms with E-state index in [1.807, 2.05) is 36.4 Å². The molecule has 0 spiro atoms. The van der Waals surface area contributed by atoms with Crippen LogP contribution in [0.25, 0.3) is 11.1 Å². The normalized spacial score (nSPS) is 15.5. The van der Waals surface area contributed by atoms with Gasteiger partial charge in [0.2, 0.25) is 0 Å². The lowest BCUT2D eigenvalue weighted by Gasteiger charge is -2.43. The molecule has 178 valence electrons. The topological polar surface area (TPSA) is 116 Å². The summed E-state index contributed by atoms with van der Waals surface area (Å²) in [6.45, 7) is 1.38. The third-order valence-corrected chi connectivity index (χ3v) is 6.66. The fourth-order valence-electron chi connectivity index (χ4n) is 4.68. The van der Waals surface area contributed by atoms with Crippen LogP contribution in [0.5, 0.6) is 0 Å². The van der Waals surface area contributed by atoms with Crippen LogP contribution in [0, 0.1) is 6.92 Å². The van der Waals surface area contributed by atoms with Crippen molar-refractivity contribution >= 4 is 23.7 Å². The summed E-state index contributed by atoms with van der Waals surface area (Å²) >= 11 is 0. The smallest absolute Gasteiger partial charge is 0.411 e. The molecule has 0 saturated carbocycles. The minimum atomic E-state index is -1.91. The van der Waals surface area contributed by atoms with Crippen molar-refractivity contribution in [1.82, 2.24) is 4.90 Å². The van der Waals surface area contributed by atoms with Crippen molar-refractivity contribution in [3.05, 3.63) is 89.0 Å². The van der Waals surface area contributed by atoms with E-state index in [4.69, 9.17) is 9.84 Å². The van der Waals surface area contributed by atoms with Crippen molar-refractivity contribution in [2.75, 3.05) is 25.0 Å². The number of hydrogen-bond acceptors (Lipinski definition) is 5. The van der Waals surface area contributed by atoms with Crippen LogP contribution in [0.3, 0.4) is 0 Å². The number of nitrogens with one attached hydrogen (secondary N) is 1. The maximum atomic E-state index is 12.7. The van der Waals surface area contributed by atoms with Gasteiger partial charge in [0, 0.05) is 17.2 Å². The lowest BCUT2D eigenvalue weighted by Crippen LogP contribution is -2.67. The molecular formula is C27H24N2O6. The molecule has 0 radical (unpaired) electrons. The lowest BCUT2D eigenvalue weighted by atomic mass is 9.93. The number of carboxylic acid groups (broad SMARTS) is 1. The number of rotatable bonds is 5. The highest BCUT2D eigenvalue weighted by atomic mass is 16.5. The van der Waals surface area contributed by atoms with Crippen LogP contribution >= 0.6 is 0 Å². The summed E-state index contributed by atoms with van der Waals surface area (Å²) in [6.07, 6.45) is -0.635. The fourth-order valence-corrected chi connectivity index (χ4v) is 4.68. The molecule has 3 aromatic carbocycles. The highest BCUT2D eigenvalue weighted by Gasteiger charge is 2.50. The van der Waals surface area contributed by atoms with Gasteiger partial charge in [0.1, 0.15) is 6.61 Å². The Labute approximate surface area is 201 Å². The Kier molecular flexibility index (Phi) is 5.53. The van der Waals surface area contributed by atoms with E-state index >= 15 is 0 Å². The van der Waals surface area contributed by atoms with Gasteiger partial charge in [0.25, 0.3) is 5.91 Å². The summed E-state index contributed by atoms with van der Waals surface area (Å²) in [7, 11) is 0. The van der Waals surface area contributed by atoms with Crippen LogP contribution in [-0.4, -0.2) is 58.4 Å². The third kappa shape index (κ3) is 4.02. The van der Waals surface area contributed by atoms with E-state index in [0.717, 1.165) is 27.8 Å². The average Bonchev–Trinajstić information content (AvgIpc) is 3.15. The number of hydrogen-bond donors (Lipinski definition) is 3. The quantitative estimate of drug-likeness (QED) is 0.522. The van der Waals surface area contributed by atoms with Crippen molar-refractivity contribution in [2.45, 2.75) is 18.4 Å². The first-order valence-corrected chi connectivity index (χ1v) is 11.2. The molecule has 8 nitrogen and oxygen atoms in total. The summed E-state index contributed by atoms with van der Waals surface area (Å²) in [5.74, 6) is -1.85. The van der Waals surface area contributed by atoms with E-state index in [9.17, 15) is 19.5 Å². The Morgan fingerprint density at radius 1 is 1.00 bits per heavy atom. The number of aryl methyl sites for hydroxylation is 1. The van der Waals surface area contributed by atoms with Gasteiger partial charge in [0.15, 0.2) is 5.60 Å². The molecule has 2 aliphatic rings. The van der Waals surface area contributed by atoms with E-state index in [0.29, 0.717) is 5.69 Å². The van der Waals surface area contributed by atoms with Gasteiger partial charge in [-0.15, -0.1) is 0 Å². The van der Waals surface area contributed by atoms with Crippen LogP contribution in [0.1, 0.15) is 33.0 Å². The maximum absolute atomic E-state index is 12.7. The summed E-state index contributed by atoms with van der Waals surface area (Å²) in [5.41, 5.74) is 4.02. The Hall–Kier alpha value is -4.17. The first-order valence-electron chi connectivity index (χ1n) is 11.2. The van der Waals surface area contributed by atoms with Gasteiger partial charge in [-0.25, -0.2) is 9.59 Å². The molecule has 1 aliphatic carbocycles. The van der Waals surface area contributed by atoms with Gasteiger partial charge < -0.3 is 19.8 Å². The summed E-state index contributed by atoms with van der Waals surface area (Å²) < 4.78 is 5.59. The molecule has 1 saturated heterocycles. The van der Waals surface area contributed by atoms with Gasteiger partial charge >= 0.3 is 12.1 Å². The first kappa shape index (κ1) is 22.6. The van der Waals surface area contributed by atoms with E-state index in [1.54, 1.807) is 19.1 Å². The summed E-state index contributed by atoms with van der Waals surface area (Å²) in [4.78, 5) is 37.7. The van der Waals surface area contributed by atoms with Gasteiger partial charge in [-0.3, -0.25) is 10.1 Å². The summed E-state index contributed by atoms with van der Waals surface area (Å²) in [6, 6.07) is 21.0. The number of fused-ring (bicyclic) bond motifs is 3. The zero-order valence-corrected chi connectivity index (χ0v) is 19.0. The number of aliphatic hydroxyl groups is 1. The average molecular weight is 472 g/mol. The monoisotopic (exact) mass is 472 g/mol. The van der Waals surface area contributed by atoms with Crippen molar-refractivity contribution in [3.63, 3.8) is 0 Å². The standard InChI is InChI=1S/C27H24N2O6/c1-16-10-11-17(24(30)29-14-27(34,15-29)25(31)32)12-23(16)28-26(33)35-13-22-20-8-4-2-6-18(20)19-7-3-5-9-21(19)22/h2-12,22,34H,13-15H2,1H3,(H,28,33)(H,31,32). The summed E-state index contributed by atoms with van der Waals surface area (Å²) in [5, 5.41) is 21.6. The van der Waals surface area contributed by atoms with Crippen LogP contribution in [-0.2, 0) is 9.53 Å². The van der Waals surface area contributed by atoms with Crippen molar-refractivity contribution in [2.24, 2.45) is 0 Å². The van der Waals surface area contributed by atoms with E-state index < -0.39 is 23.6 Å². The highest BCUT2D eigenvalue weighted by molar-refractivity contribution is 5.98. The molecule has 35 heavy (non-hydrogen) atoms. The second-order valence-corrected chi connectivity index (χ2v) is 8.98. The number of amides is 2. The van der Waals surface area contributed by atoms with Crippen molar-refractivity contribution < 1.29 is 29.3 Å². The van der Waals surface area contributed by atoms with Crippen molar-refractivity contribution in [3.8, 4) is 11.1 Å². The number of anilines is 1. The third-order valence-electron chi connectivity index (χ3n) is 6.66. The number of benzene rings is 3.